The van der Waals surface area contributed by atoms with Crippen LogP contribution in [0.1, 0.15) is 0 Å². The summed E-state index contributed by atoms with van der Waals surface area (Å²) in [6.07, 6.45) is 1.67. The second-order valence-electron chi connectivity index (χ2n) is 5.28. The number of hydrogen-bond acceptors (Lipinski definition) is 5. The van der Waals surface area contributed by atoms with E-state index in [-0.39, 0.29) is 5.70 Å². The minimum Gasteiger partial charge on any atom is -0.497 e. The summed E-state index contributed by atoms with van der Waals surface area (Å²) in [4.78, 5) is 24.1. The van der Waals surface area contributed by atoms with Crippen LogP contribution in [0.15, 0.2) is 60.5 Å². The molecule has 0 atom stereocenters. The van der Waals surface area contributed by atoms with Gasteiger partial charge in [0.2, 0.25) is 5.52 Å². The third-order valence-electron chi connectivity index (χ3n) is 3.91. The molecule has 0 fully saturated rings. The average Bonchev–Trinajstić information content (AvgIpc) is 2.67. The summed E-state index contributed by atoms with van der Waals surface area (Å²) in [5.41, 5.74) is 0.327. The second kappa shape index (κ2) is 6.60. The molecule has 0 aliphatic heterocycles. The number of methoxy groups -OCH3 is 2. The van der Waals surface area contributed by atoms with Gasteiger partial charge in [-0.15, -0.1) is 4.57 Å². The Labute approximate surface area is 143 Å². The zero-order valence-electron chi connectivity index (χ0n) is 13.7. The van der Waals surface area contributed by atoms with Gasteiger partial charge in [0, 0.05) is 16.8 Å². The largest absolute Gasteiger partial charge is 0.497 e. The highest BCUT2D eigenvalue weighted by Gasteiger charge is 2.33. The molecule has 0 saturated carbocycles. The standard InChI is InChI=1S/C19H15NO5/c1-24-18(22)16(17(21)19(23)25-2)20-11-12-7-3-4-8-13(12)14-9-5-6-10-15(14)20/h3-11H,1-2H3/p+1. The number of ether oxygens (including phenoxy) is 2. The number of pyridine rings is 1. The highest BCUT2D eigenvalue weighted by Crippen LogP contribution is 2.23. The van der Waals surface area contributed by atoms with E-state index in [0.29, 0.717) is 5.52 Å². The monoisotopic (exact) mass is 338 g/mol. The van der Waals surface area contributed by atoms with E-state index >= 15 is 0 Å². The minimum absolute atomic E-state index is 0.309. The summed E-state index contributed by atoms with van der Waals surface area (Å²) in [5.74, 6) is -2.70. The molecule has 1 aromatic heterocycles. The van der Waals surface area contributed by atoms with Gasteiger partial charge in [0.1, 0.15) is 0 Å². The van der Waals surface area contributed by atoms with E-state index in [1.54, 1.807) is 18.3 Å². The van der Waals surface area contributed by atoms with Crippen LogP contribution in [0.2, 0.25) is 0 Å². The van der Waals surface area contributed by atoms with Crippen LogP contribution in [0.25, 0.3) is 27.4 Å². The molecule has 126 valence electrons. The first kappa shape index (κ1) is 16.4. The Kier molecular flexibility index (Phi) is 4.35. The fourth-order valence-electron chi connectivity index (χ4n) is 2.76. The summed E-state index contributed by atoms with van der Waals surface area (Å²) in [5, 5.41) is 12.9. The molecule has 0 unspecified atom stereocenters. The van der Waals surface area contributed by atoms with Crippen molar-refractivity contribution in [2.75, 3.05) is 14.2 Å². The lowest BCUT2D eigenvalue weighted by Crippen LogP contribution is -2.40. The van der Waals surface area contributed by atoms with Crippen molar-refractivity contribution >= 4 is 39.3 Å². The van der Waals surface area contributed by atoms with Gasteiger partial charge in [-0.2, -0.15) is 0 Å². The summed E-state index contributed by atoms with van der Waals surface area (Å²) >= 11 is 0. The molecule has 3 rings (SSSR count). The number of esters is 2. The van der Waals surface area contributed by atoms with Gasteiger partial charge in [-0.1, -0.05) is 30.3 Å². The molecule has 2 aromatic carbocycles. The summed E-state index contributed by atoms with van der Waals surface area (Å²) in [7, 11) is 2.30. The van der Waals surface area contributed by atoms with Crippen molar-refractivity contribution < 1.29 is 28.7 Å². The summed E-state index contributed by atoms with van der Waals surface area (Å²) < 4.78 is 10.7. The maximum Gasteiger partial charge on any atom is 0.408 e. The Bertz CT molecular complexity index is 1020. The number of fused-ring (bicyclic) bond motifs is 3. The number of aromatic nitrogens is 1. The fourth-order valence-corrected chi connectivity index (χ4v) is 2.76. The number of nitrogens with zero attached hydrogens (tertiary/aromatic N) is 1. The van der Waals surface area contributed by atoms with Gasteiger partial charge in [-0.25, -0.2) is 9.59 Å². The maximum absolute atomic E-state index is 12.3. The van der Waals surface area contributed by atoms with E-state index in [4.69, 9.17) is 4.74 Å². The molecule has 0 radical (unpaired) electrons. The molecule has 0 saturated heterocycles. The molecular weight excluding hydrogens is 322 g/mol. The Balaban J connectivity index is 2.45. The topological polar surface area (TPSA) is 76.7 Å². The van der Waals surface area contributed by atoms with Crippen molar-refractivity contribution in [3.63, 3.8) is 0 Å². The summed E-state index contributed by atoms with van der Waals surface area (Å²) in [6.45, 7) is 0. The predicted molar refractivity (Wildman–Crippen MR) is 91.5 cm³/mol. The van der Waals surface area contributed by atoms with Crippen LogP contribution in [-0.4, -0.2) is 31.3 Å². The SMILES string of the molecule is COC(=O)/C(O)=C(/C(=O)OC)[n+]1cc2ccccc2c2ccccc21. The quantitative estimate of drug-likeness (QED) is 0.261. The second-order valence-corrected chi connectivity index (χ2v) is 5.28. The van der Waals surface area contributed by atoms with Gasteiger partial charge in [0.25, 0.3) is 5.76 Å². The lowest BCUT2D eigenvalue weighted by Gasteiger charge is -2.07. The van der Waals surface area contributed by atoms with Crippen molar-refractivity contribution in [2.45, 2.75) is 0 Å². The third kappa shape index (κ3) is 2.78. The number of para-hydroxylation sites is 1. The molecule has 0 amide bonds. The van der Waals surface area contributed by atoms with E-state index in [2.05, 4.69) is 4.74 Å². The van der Waals surface area contributed by atoms with Crippen molar-refractivity contribution in [1.82, 2.24) is 0 Å². The van der Waals surface area contributed by atoms with Crippen molar-refractivity contribution in [2.24, 2.45) is 0 Å². The number of aliphatic hydroxyl groups is 1. The van der Waals surface area contributed by atoms with E-state index in [1.807, 2.05) is 36.4 Å². The first-order chi connectivity index (χ1) is 12.1. The van der Waals surface area contributed by atoms with Crippen LogP contribution in [-0.2, 0) is 19.1 Å². The van der Waals surface area contributed by atoms with Gasteiger partial charge in [-0.05, 0) is 12.1 Å². The van der Waals surface area contributed by atoms with Crippen LogP contribution in [0, 0.1) is 0 Å². The van der Waals surface area contributed by atoms with Crippen LogP contribution in [0.3, 0.4) is 0 Å². The fraction of sp³-hybridized carbons (Fsp3) is 0.105. The van der Waals surface area contributed by atoms with E-state index in [0.717, 1.165) is 23.3 Å². The highest BCUT2D eigenvalue weighted by atomic mass is 16.5. The van der Waals surface area contributed by atoms with Crippen molar-refractivity contribution in [3.05, 3.63) is 60.5 Å². The molecule has 1 heterocycles. The normalized spacial score (nSPS) is 11.9. The number of carbonyl (C=O) groups excluding carboxylic acids is 2. The third-order valence-corrected chi connectivity index (χ3v) is 3.91. The molecular formula is C19H16NO5+. The Morgan fingerprint density at radius 1 is 0.880 bits per heavy atom. The van der Waals surface area contributed by atoms with Gasteiger partial charge < -0.3 is 14.6 Å². The van der Waals surface area contributed by atoms with Crippen LogP contribution in [0.4, 0.5) is 0 Å². The Hall–Kier alpha value is -3.41. The number of aliphatic hydroxyl groups excluding tert-OH is 1. The van der Waals surface area contributed by atoms with Crippen molar-refractivity contribution in [1.29, 1.82) is 0 Å². The molecule has 0 aliphatic rings. The first-order valence-corrected chi connectivity index (χ1v) is 7.51. The number of rotatable bonds is 3. The van der Waals surface area contributed by atoms with E-state index < -0.39 is 17.7 Å². The number of carbonyl (C=O) groups is 2. The lowest BCUT2D eigenvalue weighted by molar-refractivity contribution is -0.549. The van der Waals surface area contributed by atoms with E-state index in [9.17, 15) is 14.7 Å². The number of hydrogen-bond donors (Lipinski definition) is 1. The van der Waals surface area contributed by atoms with E-state index in [1.165, 1.54) is 11.7 Å². The minimum atomic E-state index is -1.02. The van der Waals surface area contributed by atoms with Crippen LogP contribution < -0.4 is 4.57 Å². The zero-order chi connectivity index (χ0) is 18.0. The molecule has 0 aliphatic carbocycles. The van der Waals surface area contributed by atoms with Gasteiger partial charge >= 0.3 is 17.6 Å². The molecule has 3 aromatic rings. The molecule has 0 spiro atoms. The summed E-state index contributed by atoms with van der Waals surface area (Å²) in [6, 6.07) is 15.0. The highest BCUT2D eigenvalue weighted by molar-refractivity contribution is 6.14. The molecule has 1 N–H and O–H groups in total. The first-order valence-electron chi connectivity index (χ1n) is 7.51. The average molecular weight is 338 g/mol. The molecule has 0 bridgehead atoms. The van der Waals surface area contributed by atoms with Gasteiger partial charge in [0.05, 0.1) is 19.6 Å². The molecule has 25 heavy (non-hydrogen) atoms. The maximum atomic E-state index is 12.3. The molecule has 6 heteroatoms. The Morgan fingerprint density at radius 2 is 1.48 bits per heavy atom. The van der Waals surface area contributed by atoms with Gasteiger partial charge in [0.15, 0.2) is 6.20 Å². The van der Waals surface area contributed by atoms with Crippen LogP contribution in [0.5, 0.6) is 0 Å². The smallest absolute Gasteiger partial charge is 0.408 e. The zero-order valence-corrected chi connectivity index (χ0v) is 13.7. The Morgan fingerprint density at radius 3 is 2.16 bits per heavy atom. The predicted octanol–water partition coefficient (Wildman–Crippen LogP) is 2.35. The number of benzene rings is 2. The molecule has 6 nitrogen and oxygen atoms in total. The lowest BCUT2D eigenvalue weighted by atomic mass is 10.1. The van der Waals surface area contributed by atoms with Crippen LogP contribution >= 0.6 is 0 Å². The van der Waals surface area contributed by atoms with Crippen molar-refractivity contribution in [3.8, 4) is 0 Å². The van der Waals surface area contributed by atoms with Gasteiger partial charge in [-0.3, -0.25) is 0 Å².